The van der Waals surface area contributed by atoms with Crippen LogP contribution in [0.2, 0.25) is 0 Å². The number of nitrogens with zero attached hydrogens (tertiary/aromatic N) is 2. The second-order valence-corrected chi connectivity index (χ2v) is 11.2. The van der Waals surface area contributed by atoms with E-state index in [1.807, 2.05) is 10.8 Å². The van der Waals surface area contributed by atoms with Crippen LogP contribution in [0, 0.1) is 5.92 Å². The maximum absolute atomic E-state index is 12.9. The van der Waals surface area contributed by atoms with E-state index in [0.29, 0.717) is 24.5 Å². The van der Waals surface area contributed by atoms with Gasteiger partial charge in [0.15, 0.2) is 0 Å². The summed E-state index contributed by atoms with van der Waals surface area (Å²) in [6, 6.07) is 0.710. The summed E-state index contributed by atoms with van der Waals surface area (Å²) in [5.41, 5.74) is 0. The van der Waals surface area contributed by atoms with Crippen molar-refractivity contribution in [2.75, 3.05) is 45.6 Å². The molecule has 0 N–H and O–H groups in total. The summed E-state index contributed by atoms with van der Waals surface area (Å²) in [5, 5.41) is 0.828. The molecular weight excluding hydrogens is 376 g/mol. The van der Waals surface area contributed by atoms with Crippen molar-refractivity contribution in [3.8, 4) is 0 Å². The van der Waals surface area contributed by atoms with Crippen LogP contribution in [-0.2, 0) is 9.53 Å². The zero-order chi connectivity index (χ0) is 18.9. The van der Waals surface area contributed by atoms with Crippen molar-refractivity contribution in [3.05, 3.63) is 0 Å². The van der Waals surface area contributed by atoms with Gasteiger partial charge in [0.1, 0.15) is 0 Å². The van der Waals surface area contributed by atoms with Crippen LogP contribution in [0.1, 0.15) is 64.2 Å². The number of hydrogen-bond donors (Lipinski definition) is 0. The molecular formula is C21H38N2O2S2. The highest BCUT2D eigenvalue weighted by Gasteiger charge is 2.34. The van der Waals surface area contributed by atoms with Crippen molar-refractivity contribution in [1.29, 1.82) is 0 Å². The van der Waals surface area contributed by atoms with Gasteiger partial charge in [0.2, 0.25) is 5.91 Å². The molecule has 0 unspecified atom stereocenters. The molecule has 3 aliphatic heterocycles. The van der Waals surface area contributed by atoms with Crippen LogP contribution in [-0.4, -0.2) is 72.6 Å². The van der Waals surface area contributed by atoms with Crippen LogP contribution in [0.25, 0.3) is 0 Å². The number of carbonyl (C=O) groups excluding carboxylic acids is 1. The van der Waals surface area contributed by atoms with Gasteiger partial charge < -0.3 is 14.5 Å². The zero-order valence-electron chi connectivity index (χ0n) is 17.1. The average molecular weight is 415 g/mol. The molecule has 3 atom stereocenters. The Kier molecular flexibility index (Phi) is 9.64. The standard InChI is InChI=1S/C21H38N2O2S2/c1-25-15-14-23(21(24)10-3-2-8-19-11-16-26-27-19)17-18-7-6-13-22-12-5-4-9-20(18)22/h18-20H,2-17H2,1H3/t18-,19+,20+/m0/s1. The Morgan fingerprint density at radius 2 is 2.04 bits per heavy atom. The largest absolute Gasteiger partial charge is 0.383 e. The molecule has 0 aliphatic carbocycles. The van der Waals surface area contributed by atoms with Crippen molar-refractivity contribution in [1.82, 2.24) is 9.80 Å². The molecule has 0 bridgehead atoms. The number of fused-ring (bicyclic) bond motifs is 1. The summed E-state index contributed by atoms with van der Waals surface area (Å²) >= 11 is 0. The van der Waals surface area contributed by atoms with Crippen molar-refractivity contribution in [2.45, 2.75) is 75.5 Å². The van der Waals surface area contributed by atoms with Gasteiger partial charge in [-0.3, -0.25) is 4.79 Å². The van der Waals surface area contributed by atoms with E-state index in [0.717, 1.165) is 31.2 Å². The van der Waals surface area contributed by atoms with Gasteiger partial charge in [0, 0.05) is 43.7 Å². The van der Waals surface area contributed by atoms with Crippen molar-refractivity contribution in [2.24, 2.45) is 5.92 Å². The number of piperidine rings is 2. The summed E-state index contributed by atoms with van der Waals surface area (Å²) in [4.78, 5) is 17.8. The fraction of sp³-hybridized carbons (Fsp3) is 0.952. The summed E-state index contributed by atoms with van der Waals surface area (Å²) in [6.45, 7) is 4.89. The van der Waals surface area contributed by atoms with Crippen LogP contribution in [0.5, 0.6) is 0 Å². The lowest BCUT2D eigenvalue weighted by Gasteiger charge is -2.45. The number of rotatable bonds is 10. The summed E-state index contributed by atoms with van der Waals surface area (Å²) in [6.07, 6.45) is 12.2. The van der Waals surface area contributed by atoms with Crippen molar-refractivity contribution >= 4 is 27.5 Å². The number of hydrogen-bond acceptors (Lipinski definition) is 5. The minimum absolute atomic E-state index is 0.355. The van der Waals surface area contributed by atoms with Gasteiger partial charge in [-0.05, 0) is 64.0 Å². The molecule has 156 valence electrons. The van der Waals surface area contributed by atoms with E-state index in [1.165, 1.54) is 70.2 Å². The van der Waals surface area contributed by atoms with E-state index >= 15 is 0 Å². The average Bonchev–Trinajstić information content (AvgIpc) is 3.22. The molecule has 0 aromatic carbocycles. The Morgan fingerprint density at radius 1 is 1.15 bits per heavy atom. The van der Waals surface area contributed by atoms with E-state index in [-0.39, 0.29) is 0 Å². The highest BCUT2D eigenvalue weighted by molar-refractivity contribution is 8.77. The van der Waals surface area contributed by atoms with E-state index in [1.54, 1.807) is 7.11 Å². The first-order chi connectivity index (χ1) is 13.3. The van der Waals surface area contributed by atoms with Gasteiger partial charge in [0.05, 0.1) is 6.61 Å². The summed E-state index contributed by atoms with van der Waals surface area (Å²) < 4.78 is 5.30. The van der Waals surface area contributed by atoms with Crippen LogP contribution in [0.15, 0.2) is 0 Å². The Morgan fingerprint density at radius 3 is 2.85 bits per heavy atom. The molecule has 3 fully saturated rings. The van der Waals surface area contributed by atoms with Gasteiger partial charge in [-0.25, -0.2) is 0 Å². The van der Waals surface area contributed by atoms with E-state index in [2.05, 4.69) is 20.6 Å². The lowest BCUT2D eigenvalue weighted by molar-refractivity contribution is -0.133. The Labute approximate surface area is 173 Å². The fourth-order valence-electron chi connectivity index (χ4n) is 4.96. The molecule has 0 aromatic heterocycles. The predicted octanol–water partition coefficient (Wildman–Crippen LogP) is 4.44. The predicted molar refractivity (Wildman–Crippen MR) is 117 cm³/mol. The minimum Gasteiger partial charge on any atom is -0.383 e. The molecule has 0 spiro atoms. The lowest BCUT2D eigenvalue weighted by Crippen LogP contribution is -2.52. The highest BCUT2D eigenvalue weighted by Crippen LogP contribution is 2.40. The molecule has 0 radical (unpaired) electrons. The highest BCUT2D eigenvalue weighted by atomic mass is 33.1. The number of unbranched alkanes of at least 4 members (excludes halogenated alkanes) is 1. The van der Waals surface area contributed by atoms with Crippen molar-refractivity contribution in [3.63, 3.8) is 0 Å². The first-order valence-corrected chi connectivity index (χ1v) is 13.4. The molecule has 4 nitrogen and oxygen atoms in total. The maximum atomic E-state index is 12.9. The third-order valence-corrected chi connectivity index (χ3v) is 9.50. The Balaban J connectivity index is 1.45. The van der Waals surface area contributed by atoms with Crippen LogP contribution in [0.3, 0.4) is 0 Å². The third-order valence-electron chi connectivity index (χ3n) is 6.50. The minimum atomic E-state index is 0.355. The van der Waals surface area contributed by atoms with Gasteiger partial charge >= 0.3 is 0 Å². The molecule has 3 rings (SSSR count). The number of methoxy groups -OCH3 is 1. The van der Waals surface area contributed by atoms with Crippen LogP contribution in [0.4, 0.5) is 0 Å². The first kappa shape index (κ1) is 21.8. The van der Waals surface area contributed by atoms with Gasteiger partial charge in [-0.15, -0.1) is 0 Å². The number of ether oxygens (including phenoxy) is 1. The molecule has 6 heteroatoms. The van der Waals surface area contributed by atoms with Gasteiger partial charge in [0.25, 0.3) is 0 Å². The molecule has 27 heavy (non-hydrogen) atoms. The van der Waals surface area contributed by atoms with Crippen molar-refractivity contribution < 1.29 is 9.53 Å². The number of carbonyl (C=O) groups is 1. The fourth-order valence-corrected chi connectivity index (χ4v) is 7.99. The van der Waals surface area contributed by atoms with Crippen LogP contribution < -0.4 is 0 Å². The smallest absolute Gasteiger partial charge is 0.222 e. The second-order valence-electron chi connectivity index (χ2n) is 8.41. The molecule has 0 saturated carbocycles. The van der Waals surface area contributed by atoms with Gasteiger partial charge in [-0.1, -0.05) is 34.4 Å². The number of amides is 1. The first-order valence-electron chi connectivity index (χ1n) is 11.1. The molecule has 3 aliphatic rings. The lowest BCUT2D eigenvalue weighted by atomic mass is 9.83. The third kappa shape index (κ3) is 6.83. The van der Waals surface area contributed by atoms with E-state index in [4.69, 9.17) is 4.74 Å². The quantitative estimate of drug-likeness (QED) is 0.390. The molecule has 3 saturated heterocycles. The zero-order valence-corrected chi connectivity index (χ0v) is 18.7. The summed E-state index contributed by atoms with van der Waals surface area (Å²) in [5.74, 6) is 2.32. The van der Waals surface area contributed by atoms with E-state index < -0.39 is 0 Å². The Hall–Kier alpha value is 0.0900. The molecule has 1 amide bonds. The monoisotopic (exact) mass is 414 g/mol. The molecule has 3 heterocycles. The molecule has 0 aromatic rings. The van der Waals surface area contributed by atoms with Crippen LogP contribution >= 0.6 is 21.6 Å². The summed E-state index contributed by atoms with van der Waals surface area (Å²) in [7, 11) is 5.80. The SMILES string of the molecule is COCCN(C[C@@H]1CCCN2CCCC[C@H]12)C(=O)CCCC[C@@H]1CCSS1. The van der Waals surface area contributed by atoms with Gasteiger partial charge in [-0.2, -0.15) is 0 Å². The normalized spacial score (nSPS) is 28.9. The van der Waals surface area contributed by atoms with E-state index in [9.17, 15) is 4.79 Å². The topological polar surface area (TPSA) is 32.8 Å². The maximum Gasteiger partial charge on any atom is 0.222 e. The Bertz CT molecular complexity index is 444. The second kappa shape index (κ2) is 11.9.